The molecule has 0 atom stereocenters. The summed E-state index contributed by atoms with van der Waals surface area (Å²) in [5, 5.41) is 2.64. The maximum atomic E-state index is 13.0. The van der Waals surface area contributed by atoms with Crippen molar-refractivity contribution in [2.24, 2.45) is 0 Å². The van der Waals surface area contributed by atoms with Gasteiger partial charge in [-0.2, -0.15) is 13.2 Å². The number of hydrogen-bond acceptors (Lipinski definition) is 5. The molecular formula is C24H16F3IN4O2. The summed E-state index contributed by atoms with van der Waals surface area (Å²) in [7, 11) is 0. The molecule has 0 aliphatic carbocycles. The number of anilines is 1. The van der Waals surface area contributed by atoms with Gasteiger partial charge in [-0.05, 0) is 54.6 Å². The SMILES string of the molecule is O=C(Nc1ccc(Oc2ncccc2-c2ccncn2)c(CI)c1)c1cccc(C(F)(F)F)c1. The maximum absolute atomic E-state index is 13.0. The van der Waals surface area contributed by atoms with Crippen molar-refractivity contribution >= 4 is 34.2 Å². The van der Waals surface area contributed by atoms with Gasteiger partial charge in [-0.25, -0.2) is 15.0 Å². The van der Waals surface area contributed by atoms with Gasteiger partial charge in [-0.1, -0.05) is 28.7 Å². The monoisotopic (exact) mass is 576 g/mol. The maximum Gasteiger partial charge on any atom is 0.416 e. The number of alkyl halides is 4. The van der Waals surface area contributed by atoms with Crippen LogP contribution < -0.4 is 10.1 Å². The number of hydrogen-bond donors (Lipinski definition) is 1. The van der Waals surface area contributed by atoms with Crippen molar-refractivity contribution in [1.29, 1.82) is 0 Å². The second kappa shape index (κ2) is 10.2. The minimum atomic E-state index is -4.53. The second-order valence-electron chi connectivity index (χ2n) is 7.04. The lowest BCUT2D eigenvalue weighted by molar-refractivity contribution is -0.137. The zero-order chi connectivity index (χ0) is 24.1. The Labute approximate surface area is 206 Å². The van der Waals surface area contributed by atoms with Crippen molar-refractivity contribution in [3.05, 3.63) is 96.1 Å². The minimum absolute atomic E-state index is 0.0887. The molecule has 0 saturated heterocycles. The molecule has 0 radical (unpaired) electrons. The first kappa shape index (κ1) is 23.6. The van der Waals surface area contributed by atoms with E-state index in [1.165, 1.54) is 18.5 Å². The molecule has 6 nitrogen and oxygen atoms in total. The Kier molecular flexibility index (Phi) is 7.06. The lowest BCUT2D eigenvalue weighted by Gasteiger charge is -2.14. The van der Waals surface area contributed by atoms with Crippen LogP contribution in [0.15, 0.2) is 79.4 Å². The lowest BCUT2D eigenvalue weighted by Crippen LogP contribution is -2.14. The van der Waals surface area contributed by atoms with Crippen LogP contribution in [0.1, 0.15) is 21.5 Å². The molecule has 10 heteroatoms. The summed E-state index contributed by atoms with van der Waals surface area (Å²) in [6, 6.07) is 14.6. The fraction of sp³-hybridized carbons (Fsp3) is 0.0833. The van der Waals surface area contributed by atoms with Crippen LogP contribution >= 0.6 is 22.6 Å². The Morgan fingerprint density at radius 3 is 2.59 bits per heavy atom. The summed E-state index contributed by atoms with van der Waals surface area (Å²) in [6.45, 7) is 0. The summed E-state index contributed by atoms with van der Waals surface area (Å²) >= 11 is 2.16. The van der Waals surface area contributed by atoms with E-state index in [1.54, 1.807) is 42.7 Å². The number of nitrogens with zero attached hydrogens (tertiary/aromatic N) is 3. The van der Waals surface area contributed by atoms with Crippen molar-refractivity contribution in [2.75, 3.05) is 5.32 Å². The fourth-order valence-electron chi connectivity index (χ4n) is 3.12. The van der Waals surface area contributed by atoms with Gasteiger partial charge in [-0.3, -0.25) is 4.79 Å². The highest BCUT2D eigenvalue weighted by Gasteiger charge is 2.30. The minimum Gasteiger partial charge on any atom is -0.438 e. The topological polar surface area (TPSA) is 77.0 Å². The first-order valence-corrected chi connectivity index (χ1v) is 11.4. The van der Waals surface area contributed by atoms with Crippen LogP contribution in [0.25, 0.3) is 11.3 Å². The van der Waals surface area contributed by atoms with Crippen LogP contribution in [0.5, 0.6) is 11.6 Å². The highest BCUT2D eigenvalue weighted by Crippen LogP contribution is 2.34. The molecule has 2 aromatic heterocycles. The number of amides is 1. The van der Waals surface area contributed by atoms with Gasteiger partial charge in [0, 0.05) is 33.6 Å². The van der Waals surface area contributed by atoms with E-state index in [4.69, 9.17) is 4.74 Å². The zero-order valence-corrected chi connectivity index (χ0v) is 19.5. The number of halogens is 4. The van der Waals surface area contributed by atoms with Crippen LogP contribution in [0.4, 0.5) is 18.9 Å². The smallest absolute Gasteiger partial charge is 0.416 e. The third kappa shape index (κ3) is 5.50. The molecule has 1 amide bonds. The summed E-state index contributed by atoms with van der Waals surface area (Å²) in [4.78, 5) is 25.0. The molecule has 2 heterocycles. The Morgan fingerprint density at radius 1 is 1.00 bits per heavy atom. The predicted octanol–water partition coefficient (Wildman–Crippen LogP) is 6.54. The Balaban J connectivity index is 1.56. The van der Waals surface area contributed by atoms with Gasteiger partial charge in [0.25, 0.3) is 5.91 Å². The Bertz CT molecular complexity index is 1320. The molecule has 1 N–H and O–H groups in total. The number of carbonyl (C=O) groups excluding carboxylic acids is 1. The molecular weight excluding hydrogens is 560 g/mol. The van der Waals surface area contributed by atoms with Crippen LogP contribution in [-0.2, 0) is 10.6 Å². The van der Waals surface area contributed by atoms with Gasteiger partial charge in [0.15, 0.2) is 0 Å². The summed E-state index contributed by atoms with van der Waals surface area (Å²) in [6.07, 6.45) is 0.134. The number of ether oxygens (including phenoxy) is 1. The molecule has 4 rings (SSSR count). The van der Waals surface area contributed by atoms with E-state index >= 15 is 0 Å². The van der Waals surface area contributed by atoms with E-state index in [0.717, 1.165) is 17.7 Å². The van der Waals surface area contributed by atoms with Crippen molar-refractivity contribution in [1.82, 2.24) is 15.0 Å². The van der Waals surface area contributed by atoms with E-state index in [-0.39, 0.29) is 5.56 Å². The molecule has 0 saturated carbocycles. The van der Waals surface area contributed by atoms with Gasteiger partial charge in [0.1, 0.15) is 12.1 Å². The average molecular weight is 576 g/mol. The highest BCUT2D eigenvalue weighted by atomic mass is 127. The number of rotatable bonds is 6. The van der Waals surface area contributed by atoms with E-state index in [2.05, 4.69) is 42.9 Å². The van der Waals surface area contributed by atoms with E-state index in [1.807, 2.05) is 6.07 Å². The number of pyridine rings is 1. The van der Waals surface area contributed by atoms with Gasteiger partial charge in [0.2, 0.25) is 5.88 Å². The Morgan fingerprint density at radius 2 is 1.85 bits per heavy atom. The lowest BCUT2D eigenvalue weighted by atomic mass is 10.1. The summed E-state index contributed by atoms with van der Waals surface area (Å²) in [5.41, 5.74) is 1.56. The van der Waals surface area contributed by atoms with Crippen molar-refractivity contribution < 1.29 is 22.7 Å². The van der Waals surface area contributed by atoms with E-state index in [9.17, 15) is 18.0 Å². The van der Waals surface area contributed by atoms with Crippen molar-refractivity contribution in [3.63, 3.8) is 0 Å². The predicted molar refractivity (Wildman–Crippen MR) is 129 cm³/mol. The molecule has 0 aliphatic rings. The van der Waals surface area contributed by atoms with Crippen LogP contribution in [0, 0.1) is 0 Å². The summed E-state index contributed by atoms with van der Waals surface area (Å²) < 4.78 is 45.5. The van der Waals surface area contributed by atoms with Gasteiger partial charge < -0.3 is 10.1 Å². The van der Waals surface area contributed by atoms with Crippen LogP contribution in [0.2, 0.25) is 0 Å². The number of aromatic nitrogens is 3. The third-order valence-electron chi connectivity index (χ3n) is 4.75. The molecule has 4 aromatic rings. The summed E-state index contributed by atoms with van der Waals surface area (Å²) in [5.74, 6) is 0.239. The molecule has 0 unspecified atom stereocenters. The molecule has 0 bridgehead atoms. The first-order chi connectivity index (χ1) is 16.3. The van der Waals surface area contributed by atoms with Gasteiger partial charge in [0.05, 0.1) is 16.8 Å². The molecule has 0 spiro atoms. The molecule has 2 aromatic carbocycles. The molecule has 0 aliphatic heterocycles. The van der Waals surface area contributed by atoms with Crippen molar-refractivity contribution in [3.8, 4) is 22.9 Å². The van der Waals surface area contributed by atoms with E-state index < -0.39 is 17.6 Å². The van der Waals surface area contributed by atoms with Gasteiger partial charge >= 0.3 is 6.18 Å². The van der Waals surface area contributed by atoms with E-state index in [0.29, 0.717) is 33.0 Å². The zero-order valence-electron chi connectivity index (χ0n) is 17.4. The largest absolute Gasteiger partial charge is 0.438 e. The molecule has 0 fully saturated rings. The quantitative estimate of drug-likeness (QED) is 0.209. The second-order valence-corrected chi connectivity index (χ2v) is 7.80. The van der Waals surface area contributed by atoms with Gasteiger partial charge in [-0.15, -0.1) is 0 Å². The molecule has 172 valence electrons. The standard InChI is InChI=1S/C24H16F3IN4O2/c25-24(26,27)17-4-1-3-15(11-17)22(33)32-18-6-7-21(16(12-18)13-28)34-23-19(5-2-9-30-23)20-8-10-29-14-31-20/h1-12,14H,13H2,(H,32,33). The van der Waals surface area contributed by atoms with Crippen molar-refractivity contribution in [2.45, 2.75) is 10.6 Å². The third-order valence-corrected chi connectivity index (χ3v) is 5.57. The number of carbonyl (C=O) groups is 1. The highest BCUT2D eigenvalue weighted by molar-refractivity contribution is 14.1. The number of benzene rings is 2. The average Bonchev–Trinajstić information content (AvgIpc) is 2.85. The molecule has 34 heavy (non-hydrogen) atoms. The Hall–Kier alpha value is -3.54. The number of nitrogens with one attached hydrogen (secondary N) is 1. The van der Waals surface area contributed by atoms with Crippen LogP contribution in [0.3, 0.4) is 0 Å². The normalized spacial score (nSPS) is 11.2. The fourth-order valence-corrected chi connectivity index (χ4v) is 3.72. The first-order valence-electron chi connectivity index (χ1n) is 9.92. The van der Waals surface area contributed by atoms with Crippen LogP contribution in [-0.4, -0.2) is 20.9 Å².